The second-order valence-corrected chi connectivity index (χ2v) is 10.8. The molecule has 0 saturated carbocycles. The number of amides is 1. The molecule has 0 aliphatic carbocycles. The third-order valence-corrected chi connectivity index (χ3v) is 8.71. The minimum Gasteiger partial charge on any atom is -0.311 e. The van der Waals surface area contributed by atoms with E-state index in [0.717, 1.165) is 37.1 Å². The maximum atomic E-state index is 13.1. The minimum atomic E-state index is -3.51. The van der Waals surface area contributed by atoms with Crippen molar-refractivity contribution in [1.82, 2.24) is 9.21 Å². The zero-order valence-corrected chi connectivity index (χ0v) is 19.9. The molecule has 1 saturated heterocycles. The molecule has 0 radical (unpaired) electrons. The Morgan fingerprint density at radius 2 is 1.66 bits per heavy atom. The first-order valence-electron chi connectivity index (χ1n) is 11.6. The van der Waals surface area contributed by atoms with Crippen LogP contribution >= 0.6 is 0 Å². The molecule has 2 aliphatic rings. The van der Waals surface area contributed by atoms with E-state index in [4.69, 9.17) is 0 Å². The van der Waals surface area contributed by atoms with E-state index in [1.165, 1.54) is 5.56 Å². The number of carbonyl (C=O) groups is 1. The predicted molar refractivity (Wildman–Crippen MR) is 127 cm³/mol. The first-order chi connectivity index (χ1) is 15.4. The lowest BCUT2D eigenvalue weighted by molar-refractivity contribution is -0.120. The van der Waals surface area contributed by atoms with Gasteiger partial charge >= 0.3 is 0 Å². The third-order valence-electron chi connectivity index (χ3n) is 6.80. The van der Waals surface area contributed by atoms with Gasteiger partial charge in [0.2, 0.25) is 15.9 Å². The number of aryl methyl sites for hydroxylation is 1. The highest BCUT2D eigenvalue weighted by atomic mass is 32.2. The molecule has 7 heteroatoms. The van der Waals surface area contributed by atoms with E-state index in [2.05, 4.69) is 24.8 Å². The fraction of sp³-hybridized carbons (Fsp3) is 0.480. The Kier molecular flexibility index (Phi) is 6.98. The number of sulfonamides is 1. The van der Waals surface area contributed by atoms with E-state index >= 15 is 0 Å². The van der Waals surface area contributed by atoms with Gasteiger partial charge in [0.25, 0.3) is 0 Å². The first-order valence-corrected chi connectivity index (χ1v) is 13.0. The number of anilines is 1. The Morgan fingerprint density at radius 3 is 2.34 bits per heavy atom. The molecule has 32 heavy (non-hydrogen) atoms. The van der Waals surface area contributed by atoms with Gasteiger partial charge in [0.05, 0.1) is 11.4 Å². The molecule has 0 bridgehead atoms. The van der Waals surface area contributed by atoms with Gasteiger partial charge in [-0.3, -0.25) is 9.69 Å². The summed E-state index contributed by atoms with van der Waals surface area (Å²) in [4.78, 5) is 17.3. The van der Waals surface area contributed by atoms with E-state index in [1.807, 2.05) is 35.2 Å². The molecule has 2 aromatic rings. The number of piperazine rings is 1. The number of para-hydroxylation sites is 1. The van der Waals surface area contributed by atoms with Gasteiger partial charge in [0.1, 0.15) is 0 Å². The van der Waals surface area contributed by atoms with E-state index in [-0.39, 0.29) is 5.91 Å². The number of nitrogens with zero attached hydrogens (tertiary/aromatic N) is 3. The summed E-state index contributed by atoms with van der Waals surface area (Å²) in [7, 11) is -3.51. The van der Waals surface area contributed by atoms with Crippen LogP contribution in [0.1, 0.15) is 43.7 Å². The number of hydrogen-bond donors (Lipinski definition) is 0. The van der Waals surface area contributed by atoms with Gasteiger partial charge in [-0.25, -0.2) is 8.42 Å². The van der Waals surface area contributed by atoms with Crippen LogP contribution in [0, 0.1) is 0 Å². The molecule has 1 fully saturated rings. The summed E-state index contributed by atoms with van der Waals surface area (Å²) in [5, 5.41) is 0. The Labute approximate surface area is 191 Å². The minimum absolute atomic E-state index is 0.0917. The van der Waals surface area contributed by atoms with Crippen molar-refractivity contribution < 1.29 is 13.2 Å². The number of hydrogen-bond acceptors (Lipinski definition) is 4. The number of carbonyl (C=O) groups excluding carboxylic acids is 1. The topological polar surface area (TPSA) is 60.9 Å². The molecular formula is C25H33N3O3S. The molecule has 2 aliphatic heterocycles. The summed E-state index contributed by atoms with van der Waals surface area (Å²) in [6, 6.07) is 15.4. The van der Waals surface area contributed by atoms with Crippen molar-refractivity contribution >= 4 is 21.6 Å². The van der Waals surface area contributed by atoms with Crippen LogP contribution in [0.15, 0.2) is 53.4 Å². The third kappa shape index (κ3) is 4.75. The highest BCUT2D eigenvalue weighted by Crippen LogP contribution is 2.27. The van der Waals surface area contributed by atoms with Gasteiger partial charge in [-0.15, -0.1) is 0 Å². The predicted octanol–water partition coefficient (Wildman–Crippen LogP) is 3.49. The smallest absolute Gasteiger partial charge is 0.243 e. The average Bonchev–Trinajstić information content (AvgIpc) is 2.83. The first kappa shape index (κ1) is 23.0. The van der Waals surface area contributed by atoms with Crippen molar-refractivity contribution in [3.05, 3.63) is 59.7 Å². The molecule has 0 aromatic heterocycles. The van der Waals surface area contributed by atoms with Crippen molar-refractivity contribution in [1.29, 1.82) is 0 Å². The van der Waals surface area contributed by atoms with Crippen LogP contribution in [0.5, 0.6) is 0 Å². The molecule has 2 aromatic carbocycles. The number of benzene rings is 2. The highest BCUT2D eigenvalue weighted by molar-refractivity contribution is 7.89. The van der Waals surface area contributed by atoms with Crippen LogP contribution < -0.4 is 4.90 Å². The van der Waals surface area contributed by atoms with E-state index in [1.54, 1.807) is 16.4 Å². The molecule has 0 N–H and O–H groups in total. The summed E-state index contributed by atoms with van der Waals surface area (Å²) in [6.07, 6.45) is 3.01. The second-order valence-electron chi connectivity index (χ2n) is 8.84. The van der Waals surface area contributed by atoms with Crippen molar-refractivity contribution in [2.24, 2.45) is 0 Å². The monoisotopic (exact) mass is 455 g/mol. The normalized spacial score (nSPS) is 18.9. The standard InChI is InChI=1S/C25H33N3O3S/c1-3-20(2)21-10-12-23(13-11-21)32(30,31)27-17-15-26(16-18-27)19-25(29)28-14-6-8-22-7-4-5-9-24(22)28/h4-5,7,9-13,20H,3,6,8,14-19H2,1-2H3/t20-/m0/s1. The Morgan fingerprint density at radius 1 is 0.969 bits per heavy atom. The van der Waals surface area contributed by atoms with Gasteiger partial charge in [-0.2, -0.15) is 4.31 Å². The van der Waals surface area contributed by atoms with Crippen molar-refractivity contribution in [3.63, 3.8) is 0 Å². The largest absolute Gasteiger partial charge is 0.311 e. The maximum absolute atomic E-state index is 13.1. The van der Waals surface area contributed by atoms with Crippen molar-refractivity contribution in [3.8, 4) is 0 Å². The van der Waals surface area contributed by atoms with Crippen molar-refractivity contribution in [2.75, 3.05) is 44.2 Å². The molecule has 6 nitrogen and oxygen atoms in total. The molecule has 0 unspecified atom stereocenters. The summed E-state index contributed by atoms with van der Waals surface area (Å²) >= 11 is 0. The molecule has 4 rings (SSSR count). The lowest BCUT2D eigenvalue weighted by atomic mass is 9.99. The molecule has 2 heterocycles. The second kappa shape index (κ2) is 9.73. The fourth-order valence-electron chi connectivity index (χ4n) is 4.55. The maximum Gasteiger partial charge on any atom is 0.243 e. The lowest BCUT2D eigenvalue weighted by Crippen LogP contribution is -2.52. The Bertz CT molecular complexity index is 1040. The molecule has 0 spiro atoms. The molecule has 1 atom stereocenters. The lowest BCUT2D eigenvalue weighted by Gasteiger charge is -2.36. The van der Waals surface area contributed by atoms with Gasteiger partial charge < -0.3 is 4.90 Å². The molecule has 172 valence electrons. The zero-order chi connectivity index (χ0) is 22.7. The SMILES string of the molecule is CC[C@H](C)c1ccc(S(=O)(=O)N2CCN(CC(=O)N3CCCc4ccccc43)CC2)cc1. The number of rotatable bonds is 6. The summed E-state index contributed by atoms with van der Waals surface area (Å²) < 4.78 is 27.7. The average molecular weight is 456 g/mol. The number of fused-ring (bicyclic) bond motifs is 1. The van der Waals surface area contributed by atoms with Gasteiger partial charge in [0, 0.05) is 38.4 Å². The molecular weight excluding hydrogens is 422 g/mol. The van der Waals surface area contributed by atoms with Crippen LogP contribution in [-0.4, -0.2) is 62.8 Å². The fourth-order valence-corrected chi connectivity index (χ4v) is 5.97. The summed E-state index contributed by atoms with van der Waals surface area (Å²) in [6.45, 7) is 7.27. The van der Waals surface area contributed by atoms with E-state index in [0.29, 0.717) is 43.5 Å². The van der Waals surface area contributed by atoms with Crippen LogP contribution in [0.25, 0.3) is 0 Å². The summed E-state index contributed by atoms with van der Waals surface area (Å²) in [5.41, 5.74) is 3.40. The Hall–Kier alpha value is -2.22. The van der Waals surface area contributed by atoms with Gasteiger partial charge in [-0.1, -0.05) is 44.2 Å². The summed E-state index contributed by atoms with van der Waals surface area (Å²) in [5.74, 6) is 0.508. The van der Waals surface area contributed by atoms with Gasteiger partial charge in [0.15, 0.2) is 0 Å². The van der Waals surface area contributed by atoms with E-state index in [9.17, 15) is 13.2 Å². The molecule has 1 amide bonds. The van der Waals surface area contributed by atoms with Gasteiger partial charge in [-0.05, 0) is 54.5 Å². The quantitative estimate of drug-likeness (QED) is 0.669. The zero-order valence-electron chi connectivity index (χ0n) is 19.0. The van der Waals surface area contributed by atoms with E-state index < -0.39 is 10.0 Å². The van der Waals surface area contributed by atoms with Crippen LogP contribution in [-0.2, 0) is 21.2 Å². The van der Waals surface area contributed by atoms with Crippen LogP contribution in [0.4, 0.5) is 5.69 Å². The van der Waals surface area contributed by atoms with Crippen LogP contribution in [0.2, 0.25) is 0 Å². The highest BCUT2D eigenvalue weighted by Gasteiger charge is 2.30. The van der Waals surface area contributed by atoms with Crippen LogP contribution in [0.3, 0.4) is 0 Å². The van der Waals surface area contributed by atoms with Crippen molar-refractivity contribution in [2.45, 2.75) is 43.9 Å². The Balaban J connectivity index is 1.35.